The number of aromatic nitrogens is 2. The van der Waals surface area contributed by atoms with Crippen LogP contribution in [0.4, 0.5) is 0 Å². The molecule has 1 fully saturated rings. The molecule has 24 heavy (non-hydrogen) atoms. The summed E-state index contributed by atoms with van der Waals surface area (Å²) in [6.45, 7) is 5.40. The first-order valence-electron chi connectivity index (χ1n) is 8.11. The molecule has 0 bridgehead atoms. The number of nitrogens with zero attached hydrogens (tertiary/aromatic N) is 3. The molecule has 1 aromatic carbocycles. The molecule has 2 heterocycles. The maximum absolute atomic E-state index is 12.8. The maximum Gasteiger partial charge on any atom is 0.272 e. The van der Waals surface area contributed by atoms with Gasteiger partial charge in [-0.15, -0.1) is 12.4 Å². The van der Waals surface area contributed by atoms with Crippen molar-refractivity contribution in [1.29, 1.82) is 0 Å². The van der Waals surface area contributed by atoms with Crippen molar-refractivity contribution in [2.45, 2.75) is 31.7 Å². The lowest BCUT2D eigenvalue weighted by Crippen LogP contribution is -2.33. The van der Waals surface area contributed by atoms with E-state index < -0.39 is 0 Å². The molecule has 0 unspecified atom stereocenters. The number of carbonyl (C=O) groups excluding carboxylic acids is 1. The zero-order valence-corrected chi connectivity index (χ0v) is 15.2. The van der Waals surface area contributed by atoms with E-state index in [0.717, 1.165) is 5.69 Å². The summed E-state index contributed by atoms with van der Waals surface area (Å²) in [4.78, 5) is 14.7. The van der Waals surface area contributed by atoms with E-state index in [-0.39, 0.29) is 30.3 Å². The molecule has 2 atom stereocenters. The molecule has 2 aromatic rings. The van der Waals surface area contributed by atoms with Gasteiger partial charge in [0.1, 0.15) is 5.69 Å². The third kappa shape index (κ3) is 3.47. The fourth-order valence-electron chi connectivity index (χ4n) is 3.18. The van der Waals surface area contributed by atoms with Crippen molar-refractivity contribution in [3.8, 4) is 0 Å². The second-order valence-corrected chi connectivity index (χ2v) is 6.62. The Morgan fingerprint density at radius 3 is 2.50 bits per heavy atom. The Bertz CT molecular complexity index is 698. The minimum Gasteiger partial charge on any atom is -0.335 e. The van der Waals surface area contributed by atoms with Gasteiger partial charge in [-0.3, -0.25) is 9.48 Å². The Balaban J connectivity index is 0.00000208. The largest absolute Gasteiger partial charge is 0.335 e. The second kappa shape index (κ2) is 7.36. The van der Waals surface area contributed by atoms with Crippen LogP contribution in [0.2, 0.25) is 0 Å². The molecule has 1 aliphatic heterocycles. The topological polar surface area (TPSA) is 64.2 Å². The molecule has 0 spiro atoms. The lowest BCUT2D eigenvalue weighted by Gasteiger charge is -2.16. The first-order valence-corrected chi connectivity index (χ1v) is 8.11. The number of hydrogen-bond acceptors (Lipinski definition) is 3. The predicted molar refractivity (Wildman–Crippen MR) is 97.6 cm³/mol. The van der Waals surface area contributed by atoms with E-state index in [1.807, 2.05) is 36.2 Å². The standard InChI is InChI=1S/C18H24N4O.ClH/c1-12(2)16-9-17(21(3)20-16)18(23)22-10-14(15(19)11-22)13-7-5-4-6-8-13;/h4-9,12,14-15H,10-11,19H2,1-3H3;1H/t14-,15+;/m0./s1. The minimum atomic E-state index is -0.0286. The number of aryl methyl sites for hydroxylation is 1. The normalized spacial score (nSPS) is 20.3. The number of rotatable bonds is 3. The summed E-state index contributed by atoms with van der Waals surface area (Å²) in [5.41, 5.74) is 9.07. The highest BCUT2D eigenvalue weighted by molar-refractivity contribution is 5.93. The van der Waals surface area contributed by atoms with Crippen LogP contribution in [-0.4, -0.2) is 39.7 Å². The van der Waals surface area contributed by atoms with Crippen LogP contribution < -0.4 is 5.73 Å². The molecule has 1 amide bonds. The predicted octanol–water partition coefficient (Wildman–Crippen LogP) is 2.53. The summed E-state index contributed by atoms with van der Waals surface area (Å²) in [5, 5.41) is 4.44. The summed E-state index contributed by atoms with van der Waals surface area (Å²) in [6, 6.07) is 12.1. The maximum atomic E-state index is 12.8. The van der Waals surface area contributed by atoms with Crippen LogP contribution in [0.1, 0.15) is 47.4 Å². The lowest BCUT2D eigenvalue weighted by atomic mass is 9.95. The Labute approximate surface area is 149 Å². The molecule has 1 aromatic heterocycles. The Morgan fingerprint density at radius 2 is 1.92 bits per heavy atom. The molecule has 130 valence electrons. The average molecular weight is 349 g/mol. The first kappa shape index (κ1) is 18.5. The van der Waals surface area contributed by atoms with Crippen LogP contribution in [-0.2, 0) is 7.05 Å². The Morgan fingerprint density at radius 1 is 1.25 bits per heavy atom. The highest BCUT2D eigenvalue weighted by Gasteiger charge is 2.35. The third-order valence-corrected chi connectivity index (χ3v) is 4.59. The van der Waals surface area contributed by atoms with E-state index >= 15 is 0 Å². The highest BCUT2D eigenvalue weighted by atomic mass is 35.5. The van der Waals surface area contributed by atoms with Crippen molar-refractivity contribution in [1.82, 2.24) is 14.7 Å². The summed E-state index contributed by atoms with van der Waals surface area (Å²) in [6.07, 6.45) is 0. The van der Waals surface area contributed by atoms with Gasteiger partial charge in [-0.1, -0.05) is 44.2 Å². The van der Waals surface area contributed by atoms with Gasteiger partial charge < -0.3 is 10.6 Å². The van der Waals surface area contributed by atoms with E-state index in [0.29, 0.717) is 24.7 Å². The molecular weight excluding hydrogens is 324 g/mol. The van der Waals surface area contributed by atoms with Gasteiger partial charge >= 0.3 is 0 Å². The Kier molecular flexibility index (Phi) is 5.67. The molecule has 0 saturated carbocycles. The summed E-state index contributed by atoms with van der Waals surface area (Å²) in [7, 11) is 1.82. The van der Waals surface area contributed by atoms with Crippen LogP contribution in [0.3, 0.4) is 0 Å². The summed E-state index contributed by atoms with van der Waals surface area (Å²) in [5.74, 6) is 0.513. The van der Waals surface area contributed by atoms with Crippen molar-refractivity contribution < 1.29 is 4.79 Å². The van der Waals surface area contributed by atoms with E-state index in [1.54, 1.807) is 4.68 Å². The van der Waals surface area contributed by atoms with Crippen LogP contribution in [0.25, 0.3) is 0 Å². The molecule has 0 aliphatic carbocycles. The SMILES string of the molecule is CC(C)c1cc(C(=O)N2C[C@@H](N)[C@H](c3ccccc3)C2)n(C)n1.Cl. The van der Waals surface area contributed by atoms with E-state index in [9.17, 15) is 4.79 Å². The minimum absolute atomic E-state index is 0. The molecule has 5 nitrogen and oxygen atoms in total. The fraction of sp³-hybridized carbons (Fsp3) is 0.444. The second-order valence-electron chi connectivity index (χ2n) is 6.62. The van der Waals surface area contributed by atoms with Gasteiger partial charge in [0.15, 0.2) is 0 Å². The van der Waals surface area contributed by atoms with Crippen molar-refractivity contribution in [2.24, 2.45) is 12.8 Å². The van der Waals surface area contributed by atoms with E-state index in [4.69, 9.17) is 5.73 Å². The van der Waals surface area contributed by atoms with Crippen LogP contribution in [0.15, 0.2) is 36.4 Å². The van der Waals surface area contributed by atoms with E-state index in [1.165, 1.54) is 5.56 Å². The smallest absolute Gasteiger partial charge is 0.272 e. The lowest BCUT2D eigenvalue weighted by molar-refractivity contribution is 0.0778. The molecule has 1 saturated heterocycles. The van der Waals surface area contributed by atoms with Gasteiger partial charge in [0, 0.05) is 32.1 Å². The van der Waals surface area contributed by atoms with Gasteiger partial charge in [-0.2, -0.15) is 5.10 Å². The molecule has 1 aliphatic rings. The van der Waals surface area contributed by atoms with Gasteiger partial charge in [-0.25, -0.2) is 0 Å². The zero-order chi connectivity index (χ0) is 16.6. The number of hydrogen-bond donors (Lipinski definition) is 1. The first-order chi connectivity index (χ1) is 11.0. The average Bonchev–Trinajstić information content (AvgIpc) is 3.11. The molecule has 3 rings (SSSR count). The number of nitrogens with two attached hydrogens (primary N) is 1. The number of halogens is 1. The quantitative estimate of drug-likeness (QED) is 0.927. The van der Waals surface area contributed by atoms with Gasteiger partial charge in [0.05, 0.1) is 5.69 Å². The number of carbonyl (C=O) groups is 1. The third-order valence-electron chi connectivity index (χ3n) is 4.59. The van der Waals surface area contributed by atoms with Crippen LogP contribution in [0, 0.1) is 0 Å². The van der Waals surface area contributed by atoms with Crippen molar-refractivity contribution in [3.05, 3.63) is 53.3 Å². The van der Waals surface area contributed by atoms with Gasteiger partial charge in [0.2, 0.25) is 0 Å². The van der Waals surface area contributed by atoms with E-state index in [2.05, 4.69) is 31.1 Å². The van der Waals surface area contributed by atoms with Crippen molar-refractivity contribution >= 4 is 18.3 Å². The molecule has 2 N–H and O–H groups in total. The van der Waals surface area contributed by atoms with Gasteiger partial charge in [-0.05, 0) is 17.5 Å². The number of benzene rings is 1. The number of amides is 1. The van der Waals surface area contributed by atoms with Crippen LogP contribution in [0.5, 0.6) is 0 Å². The zero-order valence-electron chi connectivity index (χ0n) is 14.3. The summed E-state index contributed by atoms with van der Waals surface area (Å²) < 4.78 is 1.68. The van der Waals surface area contributed by atoms with Gasteiger partial charge in [0.25, 0.3) is 5.91 Å². The molecule has 6 heteroatoms. The molecular formula is C18H25ClN4O. The number of likely N-dealkylation sites (tertiary alicyclic amines) is 1. The fourth-order valence-corrected chi connectivity index (χ4v) is 3.18. The monoisotopic (exact) mass is 348 g/mol. The van der Waals surface area contributed by atoms with Crippen LogP contribution >= 0.6 is 12.4 Å². The highest BCUT2D eigenvalue weighted by Crippen LogP contribution is 2.27. The van der Waals surface area contributed by atoms with Crippen molar-refractivity contribution in [2.75, 3.05) is 13.1 Å². The molecule has 0 radical (unpaired) electrons. The van der Waals surface area contributed by atoms with Crippen molar-refractivity contribution in [3.63, 3.8) is 0 Å². The summed E-state index contributed by atoms with van der Waals surface area (Å²) >= 11 is 0. The Hall–Kier alpha value is -1.85.